The molecule has 0 heterocycles. The second kappa shape index (κ2) is 11.7. The number of hydrogen-bond donors (Lipinski definition) is 4. The van der Waals surface area contributed by atoms with Gasteiger partial charge >= 0.3 is 23.9 Å². The largest absolute Gasteiger partial charge is 0.478 e. The van der Waals surface area contributed by atoms with Gasteiger partial charge in [0, 0.05) is 0 Å². The zero-order valence-corrected chi connectivity index (χ0v) is 26.5. The highest BCUT2D eigenvalue weighted by Crippen LogP contribution is 2.48. The van der Waals surface area contributed by atoms with E-state index in [2.05, 4.69) is 0 Å². The Morgan fingerprint density at radius 3 is 0.600 bits per heavy atom. The van der Waals surface area contributed by atoms with Gasteiger partial charge in [-0.25, -0.2) is 19.2 Å². The third kappa shape index (κ3) is 5.37. The van der Waals surface area contributed by atoms with E-state index in [4.69, 9.17) is 0 Å². The molecule has 232 valence electrons. The monoisotopic (exact) mass is 608 g/mol. The molecule has 8 heteroatoms. The number of hydrogen-bond acceptors (Lipinski definition) is 4. The molecule has 0 amide bonds. The molecular weight excluding hydrogens is 572 g/mol. The van der Waals surface area contributed by atoms with E-state index in [9.17, 15) is 39.6 Å². The standard InChI is InChI=1S/C37H36O8/c1-17-9-25(10-18(2)29(17)33(38)39)37(26-11-19(3)30(34(40)41)20(4)12-26,27-13-21(5)31(35(42)43)22(6)14-27)28-15-23(7)32(36(44)45)24(8)16-28/h9-16H,1-8H3,(H,38,39)(H,40,41)(H,42,43)(H,44,45). The van der Waals surface area contributed by atoms with Crippen LogP contribution < -0.4 is 0 Å². The Balaban J connectivity index is 2.37. The molecule has 45 heavy (non-hydrogen) atoms. The summed E-state index contributed by atoms with van der Waals surface area (Å²) < 4.78 is 0. The van der Waals surface area contributed by atoms with Crippen LogP contribution in [-0.4, -0.2) is 44.3 Å². The zero-order chi connectivity index (χ0) is 33.7. The average molecular weight is 609 g/mol. The molecule has 0 unspecified atom stereocenters. The summed E-state index contributed by atoms with van der Waals surface area (Å²) in [7, 11) is 0. The van der Waals surface area contributed by atoms with Gasteiger partial charge in [-0.15, -0.1) is 0 Å². The lowest BCUT2D eigenvalue weighted by molar-refractivity contribution is 0.0684. The minimum atomic E-state index is -1.25. The van der Waals surface area contributed by atoms with Crippen molar-refractivity contribution in [2.45, 2.75) is 60.8 Å². The summed E-state index contributed by atoms with van der Waals surface area (Å²) in [5.41, 5.74) is 6.04. The highest BCUT2D eigenvalue weighted by Gasteiger charge is 2.41. The first-order chi connectivity index (χ1) is 20.9. The molecule has 0 saturated heterocycles. The molecule has 4 N–H and O–H groups in total. The van der Waals surface area contributed by atoms with Gasteiger partial charge in [0.25, 0.3) is 0 Å². The van der Waals surface area contributed by atoms with E-state index in [1.807, 2.05) is 0 Å². The molecule has 0 fully saturated rings. The Morgan fingerprint density at radius 2 is 0.489 bits per heavy atom. The van der Waals surface area contributed by atoms with E-state index in [1.165, 1.54) is 0 Å². The second-order valence-electron chi connectivity index (χ2n) is 11.9. The maximum Gasteiger partial charge on any atom is 0.336 e. The summed E-state index contributed by atoms with van der Waals surface area (Å²) in [5.74, 6) is -4.30. The third-order valence-corrected chi connectivity index (χ3v) is 8.72. The predicted octanol–water partition coefficient (Wildman–Crippen LogP) is 7.33. The van der Waals surface area contributed by atoms with Gasteiger partial charge in [-0.3, -0.25) is 0 Å². The van der Waals surface area contributed by atoms with Crippen LogP contribution >= 0.6 is 0 Å². The highest BCUT2D eigenvalue weighted by atomic mass is 16.4. The maximum absolute atomic E-state index is 12.2. The first kappa shape index (κ1) is 32.7. The van der Waals surface area contributed by atoms with Crippen LogP contribution in [0.5, 0.6) is 0 Å². The Bertz CT molecular complexity index is 1570. The molecule has 0 spiro atoms. The summed E-state index contributed by atoms with van der Waals surface area (Å²) in [4.78, 5) is 48.9. The van der Waals surface area contributed by atoms with Gasteiger partial charge in [0.1, 0.15) is 0 Å². The quantitative estimate of drug-likeness (QED) is 0.152. The first-order valence-corrected chi connectivity index (χ1v) is 14.3. The van der Waals surface area contributed by atoms with Gasteiger partial charge in [-0.2, -0.15) is 0 Å². The van der Waals surface area contributed by atoms with Crippen molar-refractivity contribution in [3.63, 3.8) is 0 Å². The molecule has 0 atom stereocenters. The Morgan fingerprint density at radius 1 is 0.356 bits per heavy atom. The maximum atomic E-state index is 12.2. The van der Waals surface area contributed by atoms with Crippen molar-refractivity contribution in [1.29, 1.82) is 0 Å². The molecule has 0 saturated carbocycles. The summed E-state index contributed by atoms with van der Waals surface area (Å²) in [6, 6.07) is 14.3. The van der Waals surface area contributed by atoms with E-state index in [0.717, 1.165) is 0 Å². The molecule has 4 aromatic rings. The van der Waals surface area contributed by atoms with E-state index >= 15 is 0 Å². The van der Waals surface area contributed by atoms with Crippen LogP contribution in [0.25, 0.3) is 0 Å². The fraction of sp³-hybridized carbons (Fsp3) is 0.243. The van der Waals surface area contributed by atoms with E-state index in [-0.39, 0.29) is 22.3 Å². The van der Waals surface area contributed by atoms with Gasteiger partial charge < -0.3 is 20.4 Å². The van der Waals surface area contributed by atoms with Crippen LogP contribution in [0, 0.1) is 55.4 Å². The van der Waals surface area contributed by atoms with Crippen molar-refractivity contribution in [1.82, 2.24) is 0 Å². The number of rotatable bonds is 8. The van der Waals surface area contributed by atoms with Crippen LogP contribution in [0.15, 0.2) is 48.5 Å². The fourth-order valence-corrected chi connectivity index (χ4v) is 7.07. The first-order valence-electron chi connectivity index (χ1n) is 14.3. The number of aryl methyl sites for hydroxylation is 8. The van der Waals surface area contributed by atoms with Crippen molar-refractivity contribution in [3.05, 3.63) is 138 Å². The van der Waals surface area contributed by atoms with E-state index in [0.29, 0.717) is 66.8 Å². The third-order valence-electron chi connectivity index (χ3n) is 8.72. The number of carboxylic acid groups (broad SMARTS) is 4. The molecular formula is C37H36O8. The second-order valence-corrected chi connectivity index (χ2v) is 11.9. The van der Waals surface area contributed by atoms with E-state index < -0.39 is 29.3 Å². The smallest absolute Gasteiger partial charge is 0.336 e. The molecule has 4 rings (SSSR count). The SMILES string of the molecule is Cc1cc(C(c2cc(C)c(C(=O)O)c(C)c2)(c2cc(C)c(C(=O)O)c(C)c2)c2cc(C)c(C(=O)O)c(C)c2)cc(C)c1C(=O)O. The van der Waals surface area contributed by atoms with Crippen LogP contribution in [0.1, 0.15) is 108 Å². The molecule has 0 aromatic heterocycles. The van der Waals surface area contributed by atoms with Crippen molar-refractivity contribution in [2.24, 2.45) is 0 Å². The topological polar surface area (TPSA) is 149 Å². The molecule has 8 nitrogen and oxygen atoms in total. The van der Waals surface area contributed by atoms with Crippen molar-refractivity contribution >= 4 is 23.9 Å². The fourth-order valence-electron chi connectivity index (χ4n) is 7.07. The summed E-state index contributed by atoms with van der Waals surface area (Å²) in [6.45, 7) is 13.7. The molecule has 0 aliphatic rings. The lowest BCUT2D eigenvalue weighted by atomic mass is 9.62. The summed E-state index contributed by atoms with van der Waals surface area (Å²) in [6.07, 6.45) is 0. The average Bonchev–Trinajstić information content (AvgIpc) is 2.86. The Hall–Kier alpha value is -5.24. The molecule has 0 bridgehead atoms. The van der Waals surface area contributed by atoms with Crippen LogP contribution in [-0.2, 0) is 5.41 Å². The van der Waals surface area contributed by atoms with Crippen molar-refractivity contribution in [2.75, 3.05) is 0 Å². The summed E-state index contributed by atoms with van der Waals surface area (Å²) >= 11 is 0. The lowest BCUT2D eigenvalue weighted by Gasteiger charge is -2.39. The van der Waals surface area contributed by atoms with Gasteiger partial charge in [0.15, 0.2) is 0 Å². The van der Waals surface area contributed by atoms with Crippen LogP contribution in [0.4, 0.5) is 0 Å². The van der Waals surface area contributed by atoms with Crippen molar-refractivity contribution in [3.8, 4) is 0 Å². The number of benzene rings is 4. The lowest BCUT2D eigenvalue weighted by Crippen LogP contribution is -2.33. The number of carbonyl (C=O) groups is 4. The minimum absolute atomic E-state index is 0.156. The molecule has 0 aliphatic carbocycles. The van der Waals surface area contributed by atoms with Gasteiger partial charge in [-0.1, -0.05) is 48.5 Å². The molecule has 0 aliphatic heterocycles. The Kier molecular flexibility index (Phi) is 8.49. The normalized spacial score (nSPS) is 11.4. The Labute approximate surface area is 261 Å². The van der Waals surface area contributed by atoms with Gasteiger partial charge in [-0.05, 0) is 122 Å². The van der Waals surface area contributed by atoms with Gasteiger partial charge in [0.05, 0.1) is 27.7 Å². The van der Waals surface area contributed by atoms with Crippen LogP contribution in [0.3, 0.4) is 0 Å². The summed E-state index contributed by atoms with van der Waals surface area (Å²) in [5, 5.41) is 40.0. The van der Waals surface area contributed by atoms with Crippen molar-refractivity contribution < 1.29 is 39.6 Å². The highest BCUT2D eigenvalue weighted by molar-refractivity contribution is 5.94. The van der Waals surface area contributed by atoms with E-state index in [1.54, 1.807) is 104 Å². The predicted molar refractivity (Wildman–Crippen MR) is 170 cm³/mol. The number of carboxylic acids is 4. The minimum Gasteiger partial charge on any atom is -0.478 e. The van der Waals surface area contributed by atoms with Gasteiger partial charge in [0.2, 0.25) is 0 Å². The van der Waals surface area contributed by atoms with Crippen LogP contribution in [0.2, 0.25) is 0 Å². The molecule has 0 radical (unpaired) electrons. The zero-order valence-electron chi connectivity index (χ0n) is 26.5. The number of aromatic carboxylic acids is 4. The molecule has 4 aromatic carbocycles.